The number of aromatic nitrogens is 2. The lowest BCUT2D eigenvalue weighted by Gasteiger charge is -2.23. The van der Waals surface area contributed by atoms with Crippen molar-refractivity contribution >= 4 is 45.7 Å². The zero-order valence-electron chi connectivity index (χ0n) is 25.3. The number of anilines is 1. The minimum atomic E-state index is -1.05. The highest BCUT2D eigenvalue weighted by Gasteiger charge is 2.48. The van der Waals surface area contributed by atoms with Crippen LogP contribution in [-0.4, -0.2) is 46.8 Å². The van der Waals surface area contributed by atoms with Gasteiger partial charge in [-0.1, -0.05) is 60.9 Å². The summed E-state index contributed by atoms with van der Waals surface area (Å²) in [6.07, 6.45) is 2.45. The quantitative estimate of drug-likeness (QED) is 0.0370. The van der Waals surface area contributed by atoms with E-state index < -0.39 is 17.7 Å². The molecule has 1 fully saturated rings. The first-order chi connectivity index (χ1) is 22.3. The molecule has 0 saturated carbocycles. The number of hydrogen-bond acceptors (Lipinski definition) is 10. The summed E-state index contributed by atoms with van der Waals surface area (Å²) in [5.41, 5.74) is 1.62. The van der Waals surface area contributed by atoms with Crippen molar-refractivity contribution < 1.29 is 33.3 Å². The Hall–Kier alpha value is -4.68. The molecule has 3 aromatic carbocycles. The summed E-state index contributed by atoms with van der Waals surface area (Å²) in [5.74, 6) is -0.409. The van der Waals surface area contributed by atoms with Gasteiger partial charge in [0.25, 0.3) is 5.78 Å². The Morgan fingerprint density at radius 3 is 2.48 bits per heavy atom. The molecule has 238 valence electrons. The largest absolute Gasteiger partial charge is 0.507 e. The van der Waals surface area contributed by atoms with Crippen molar-refractivity contribution in [3.8, 4) is 17.2 Å². The number of halogens is 1. The van der Waals surface area contributed by atoms with E-state index in [4.69, 9.17) is 14.2 Å². The van der Waals surface area contributed by atoms with E-state index in [1.54, 1.807) is 60.7 Å². The van der Waals surface area contributed by atoms with Gasteiger partial charge in [0.15, 0.2) is 15.8 Å². The predicted octanol–water partition coefficient (Wildman–Crippen LogP) is 7.35. The number of Topliss-reactive ketones (excluding diaryl/α,β-unsaturated/α-hetero) is 1. The highest BCUT2D eigenvalue weighted by Crippen LogP contribution is 2.45. The van der Waals surface area contributed by atoms with Gasteiger partial charge in [0.1, 0.15) is 23.9 Å². The van der Waals surface area contributed by atoms with Gasteiger partial charge in [-0.2, -0.15) is 0 Å². The van der Waals surface area contributed by atoms with Gasteiger partial charge in [-0.3, -0.25) is 14.5 Å². The van der Waals surface area contributed by atoms with Gasteiger partial charge in [0, 0.05) is 11.3 Å². The first-order valence-electron chi connectivity index (χ1n) is 14.6. The zero-order valence-corrected chi connectivity index (χ0v) is 26.9. The molecule has 0 aliphatic carbocycles. The number of aliphatic hydroxyl groups excluding tert-OH is 1. The molecular weight excluding hydrogens is 630 g/mol. The van der Waals surface area contributed by atoms with Crippen molar-refractivity contribution in [2.24, 2.45) is 0 Å². The Labute approximate surface area is 274 Å². The van der Waals surface area contributed by atoms with Gasteiger partial charge < -0.3 is 19.3 Å². The third kappa shape index (κ3) is 7.24. The molecule has 1 aliphatic heterocycles. The second-order valence-corrected chi connectivity index (χ2v) is 12.2. The van der Waals surface area contributed by atoms with Crippen molar-refractivity contribution in [2.45, 2.75) is 36.4 Å². The molecule has 12 heteroatoms. The SMILES string of the molecule is C=CCOc1ccc(C2C(=C(O)c3ccc(OCCC)cc3)C(=O)C(=O)N2c2nnc(SCc3ccc(F)cc3)s2)cc1OCC. The Kier molecular flexibility index (Phi) is 10.7. The molecule has 46 heavy (non-hydrogen) atoms. The molecule has 1 atom stereocenters. The Morgan fingerprint density at radius 2 is 1.78 bits per heavy atom. The molecule has 1 amide bonds. The van der Waals surface area contributed by atoms with E-state index in [0.717, 1.165) is 23.3 Å². The van der Waals surface area contributed by atoms with Gasteiger partial charge in [0.2, 0.25) is 5.13 Å². The van der Waals surface area contributed by atoms with Crippen molar-refractivity contribution in [1.82, 2.24) is 10.2 Å². The fourth-order valence-corrected chi connectivity index (χ4v) is 6.57. The fourth-order valence-electron chi connectivity index (χ4n) is 4.74. The van der Waals surface area contributed by atoms with Gasteiger partial charge in [-0.05, 0) is 73.0 Å². The Morgan fingerprint density at radius 1 is 1.02 bits per heavy atom. The summed E-state index contributed by atoms with van der Waals surface area (Å²) in [7, 11) is 0. The first-order valence-corrected chi connectivity index (χ1v) is 16.4. The van der Waals surface area contributed by atoms with Crippen LogP contribution in [0.1, 0.15) is 43.0 Å². The van der Waals surface area contributed by atoms with E-state index in [0.29, 0.717) is 51.7 Å². The van der Waals surface area contributed by atoms with E-state index in [-0.39, 0.29) is 28.9 Å². The summed E-state index contributed by atoms with van der Waals surface area (Å²) in [5, 5.41) is 20.2. The number of ketones is 1. The average Bonchev–Trinajstić information content (AvgIpc) is 3.64. The maximum atomic E-state index is 13.7. The molecule has 2 heterocycles. The van der Waals surface area contributed by atoms with E-state index in [1.807, 2.05) is 13.8 Å². The van der Waals surface area contributed by atoms with Crippen molar-refractivity contribution in [3.05, 3.63) is 107 Å². The second-order valence-electron chi connectivity index (χ2n) is 10.0. The van der Waals surface area contributed by atoms with Crippen LogP contribution >= 0.6 is 23.1 Å². The highest BCUT2D eigenvalue weighted by molar-refractivity contribution is 8.00. The molecule has 0 bridgehead atoms. The third-order valence-corrected chi connectivity index (χ3v) is 8.99. The lowest BCUT2D eigenvalue weighted by Crippen LogP contribution is -2.29. The molecule has 1 aliphatic rings. The smallest absolute Gasteiger partial charge is 0.301 e. The first kappa shape index (κ1) is 32.7. The minimum absolute atomic E-state index is 0.106. The van der Waals surface area contributed by atoms with Crippen LogP contribution in [0.15, 0.2) is 89.3 Å². The molecule has 1 saturated heterocycles. The molecule has 1 aromatic heterocycles. The molecule has 5 rings (SSSR count). The number of rotatable bonds is 14. The Bertz CT molecular complexity index is 1740. The van der Waals surface area contributed by atoms with Crippen LogP contribution in [0.2, 0.25) is 0 Å². The molecule has 4 aromatic rings. The van der Waals surface area contributed by atoms with Gasteiger partial charge in [0.05, 0.1) is 24.8 Å². The lowest BCUT2D eigenvalue weighted by atomic mass is 9.95. The van der Waals surface area contributed by atoms with Crippen molar-refractivity contribution in [2.75, 3.05) is 24.7 Å². The van der Waals surface area contributed by atoms with Crippen LogP contribution in [0.3, 0.4) is 0 Å². The predicted molar refractivity (Wildman–Crippen MR) is 176 cm³/mol. The summed E-state index contributed by atoms with van der Waals surface area (Å²) in [4.78, 5) is 28.6. The van der Waals surface area contributed by atoms with E-state index in [9.17, 15) is 19.1 Å². The van der Waals surface area contributed by atoms with Gasteiger partial charge in [-0.25, -0.2) is 4.39 Å². The number of hydrogen-bond donors (Lipinski definition) is 1. The maximum absolute atomic E-state index is 13.7. The second kappa shape index (κ2) is 15.1. The standard InChI is InChI=1S/C34H32FN3O6S2/c1-4-17-43-25-14-9-22(10-15-25)30(39)28-29(23-11-16-26(44-18-5-2)27(19-23)42-6-3)38(32(41)31(28)40)33-36-37-34(46-33)45-20-21-7-12-24(35)13-8-21/h5,7-16,19,29,39H,2,4,6,17-18,20H2,1,3H3. The van der Waals surface area contributed by atoms with Crippen LogP contribution in [0, 0.1) is 5.82 Å². The number of carbonyl (C=O) groups is 2. The molecule has 0 radical (unpaired) electrons. The van der Waals surface area contributed by atoms with E-state index in [1.165, 1.54) is 28.8 Å². The lowest BCUT2D eigenvalue weighted by molar-refractivity contribution is -0.132. The molecule has 9 nitrogen and oxygen atoms in total. The van der Waals surface area contributed by atoms with Crippen molar-refractivity contribution in [1.29, 1.82) is 0 Å². The van der Waals surface area contributed by atoms with Crippen LogP contribution in [0.25, 0.3) is 5.76 Å². The zero-order chi connectivity index (χ0) is 32.6. The monoisotopic (exact) mass is 661 g/mol. The highest BCUT2D eigenvalue weighted by atomic mass is 32.2. The third-order valence-electron chi connectivity index (χ3n) is 6.86. The summed E-state index contributed by atoms with van der Waals surface area (Å²) >= 11 is 2.51. The van der Waals surface area contributed by atoms with Gasteiger partial charge in [-0.15, -0.1) is 10.2 Å². The van der Waals surface area contributed by atoms with Crippen LogP contribution in [0.4, 0.5) is 9.52 Å². The maximum Gasteiger partial charge on any atom is 0.301 e. The number of thioether (sulfide) groups is 1. The molecular formula is C34H32FN3O6S2. The summed E-state index contributed by atoms with van der Waals surface area (Å²) in [6, 6.07) is 16.8. The van der Waals surface area contributed by atoms with Crippen molar-refractivity contribution in [3.63, 3.8) is 0 Å². The summed E-state index contributed by atoms with van der Waals surface area (Å²) < 4.78 is 31.1. The fraction of sp³-hybridized carbons (Fsp3) is 0.235. The number of carbonyl (C=O) groups excluding carboxylic acids is 2. The van der Waals surface area contributed by atoms with E-state index >= 15 is 0 Å². The Balaban J connectivity index is 1.56. The number of amides is 1. The molecule has 1 unspecified atom stereocenters. The number of benzene rings is 3. The van der Waals surface area contributed by atoms with Crippen LogP contribution in [0.5, 0.6) is 17.2 Å². The topological polar surface area (TPSA) is 111 Å². The number of aliphatic hydroxyl groups is 1. The van der Waals surface area contributed by atoms with Crippen LogP contribution < -0.4 is 19.1 Å². The molecule has 1 N–H and O–H groups in total. The van der Waals surface area contributed by atoms with Gasteiger partial charge >= 0.3 is 5.91 Å². The summed E-state index contributed by atoms with van der Waals surface area (Å²) in [6.45, 7) is 8.64. The van der Waals surface area contributed by atoms with Crippen LogP contribution in [-0.2, 0) is 15.3 Å². The number of nitrogens with zero attached hydrogens (tertiary/aromatic N) is 3. The molecule has 0 spiro atoms. The average molecular weight is 662 g/mol. The number of ether oxygens (including phenoxy) is 3. The van der Waals surface area contributed by atoms with E-state index in [2.05, 4.69) is 16.8 Å². The minimum Gasteiger partial charge on any atom is -0.507 e. The normalized spacial score (nSPS) is 15.6.